The molecule has 0 spiro atoms. The molecule has 2 unspecified atom stereocenters. The highest BCUT2D eigenvalue weighted by Crippen LogP contribution is 2.51. The van der Waals surface area contributed by atoms with E-state index in [2.05, 4.69) is 54.7 Å². The fraction of sp³-hybridized carbons (Fsp3) is 0.600. The topological polar surface area (TPSA) is 77.0 Å². The predicted molar refractivity (Wildman–Crippen MR) is 182 cm³/mol. The first-order valence-electron chi connectivity index (χ1n) is 17.0. The van der Waals surface area contributed by atoms with Gasteiger partial charge in [-0.1, -0.05) is 25.0 Å². The van der Waals surface area contributed by atoms with E-state index < -0.39 is 6.17 Å². The van der Waals surface area contributed by atoms with Crippen LogP contribution in [-0.2, 0) is 13.0 Å². The first-order chi connectivity index (χ1) is 21.9. The van der Waals surface area contributed by atoms with Crippen LogP contribution in [0.3, 0.4) is 0 Å². The number of hydrogen-bond acceptors (Lipinski definition) is 8. The maximum atomic E-state index is 15.0. The van der Waals surface area contributed by atoms with E-state index in [4.69, 9.17) is 14.7 Å². The van der Waals surface area contributed by atoms with Gasteiger partial charge in [0.2, 0.25) is 0 Å². The van der Waals surface area contributed by atoms with Crippen LogP contribution in [0.1, 0.15) is 62.6 Å². The Hall–Kier alpha value is -2.44. The number of benzene rings is 2. The molecular formula is C35H42FIN6O2. The standard InChI is InChI=1S/C35H42FIN6O2/c36-23-15-35(14-22-4-1-2-7-30(22)43(35)16-23)20-45-34-39-29-19-41(31-13-26(44)12-21-5-3-6-28(37)32(21)31)11-10-27(29)33(40-34)42-17-24-8-9-25(18-42)38-24/h3,5-6,12-13,22-25,30,38,44H,1-2,4,7-11,14-20H2/t22-,23-,24?,25?,30-,35-/m1/s1. The number of nitrogens with zero attached hydrogens (tertiary/aromatic N) is 5. The predicted octanol–water partition coefficient (Wildman–Crippen LogP) is 5.57. The van der Waals surface area contributed by atoms with Crippen LogP contribution in [0.2, 0.25) is 0 Å². The molecular weight excluding hydrogens is 682 g/mol. The van der Waals surface area contributed by atoms with Gasteiger partial charge >= 0.3 is 6.01 Å². The number of piperazine rings is 1. The summed E-state index contributed by atoms with van der Waals surface area (Å²) in [5.74, 6) is 1.95. The minimum Gasteiger partial charge on any atom is -0.508 e. The van der Waals surface area contributed by atoms with Crippen molar-refractivity contribution >= 4 is 44.9 Å². The summed E-state index contributed by atoms with van der Waals surface area (Å²) >= 11 is 2.40. The summed E-state index contributed by atoms with van der Waals surface area (Å²) in [7, 11) is 0. The van der Waals surface area contributed by atoms with Crippen molar-refractivity contribution in [2.45, 2.75) is 94.2 Å². The minimum absolute atomic E-state index is 0.254. The van der Waals surface area contributed by atoms with Crippen molar-refractivity contribution in [2.24, 2.45) is 5.92 Å². The van der Waals surface area contributed by atoms with Crippen molar-refractivity contribution in [2.75, 3.05) is 42.6 Å². The van der Waals surface area contributed by atoms with E-state index in [0.29, 0.717) is 56.2 Å². The minimum atomic E-state index is -0.790. The molecule has 238 valence electrons. The zero-order chi connectivity index (χ0) is 30.3. The van der Waals surface area contributed by atoms with Crippen LogP contribution in [0.25, 0.3) is 10.8 Å². The third-order valence-electron chi connectivity index (χ3n) is 11.8. The largest absolute Gasteiger partial charge is 0.508 e. The average Bonchev–Trinajstić information content (AvgIpc) is 3.65. The zero-order valence-electron chi connectivity index (χ0n) is 25.7. The second-order valence-electron chi connectivity index (χ2n) is 14.6. The lowest BCUT2D eigenvalue weighted by molar-refractivity contribution is 0.0772. The van der Waals surface area contributed by atoms with Crippen molar-refractivity contribution in [1.82, 2.24) is 20.2 Å². The summed E-state index contributed by atoms with van der Waals surface area (Å²) < 4.78 is 22.8. The van der Waals surface area contributed by atoms with E-state index >= 15 is 0 Å². The molecule has 0 radical (unpaired) electrons. The maximum Gasteiger partial charge on any atom is 0.318 e. The number of aromatic hydroxyl groups is 1. The lowest BCUT2D eigenvalue weighted by Gasteiger charge is -2.38. The van der Waals surface area contributed by atoms with Crippen LogP contribution in [-0.4, -0.2) is 82.6 Å². The summed E-state index contributed by atoms with van der Waals surface area (Å²) in [4.78, 5) is 17.6. The second-order valence-corrected chi connectivity index (χ2v) is 15.7. The van der Waals surface area contributed by atoms with Crippen LogP contribution in [0, 0.1) is 9.49 Å². The molecule has 3 aromatic rings. The van der Waals surface area contributed by atoms with Gasteiger partial charge < -0.3 is 25.0 Å². The number of phenolic OH excluding ortho intramolecular Hbond substituents is 1. The molecule has 10 heteroatoms. The molecule has 6 aliphatic rings. The van der Waals surface area contributed by atoms with Gasteiger partial charge in [-0.25, -0.2) is 4.39 Å². The molecule has 1 aliphatic carbocycles. The molecule has 2 aromatic carbocycles. The van der Waals surface area contributed by atoms with Crippen LogP contribution in [0.4, 0.5) is 15.9 Å². The molecule has 0 amide bonds. The zero-order valence-corrected chi connectivity index (χ0v) is 27.9. The Morgan fingerprint density at radius 3 is 2.73 bits per heavy atom. The highest BCUT2D eigenvalue weighted by Gasteiger charge is 2.57. The molecule has 2 N–H and O–H groups in total. The van der Waals surface area contributed by atoms with Gasteiger partial charge in [0.15, 0.2) is 0 Å². The smallest absolute Gasteiger partial charge is 0.318 e. The third-order valence-corrected chi connectivity index (χ3v) is 12.7. The number of anilines is 2. The fourth-order valence-electron chi connectivity index (χ4n) is 9.90. The van der Waals surface area contributed by atoms with Gasteiger partial charge in [-0.3, -0.25) is 4.90 Å². The Balaban J connectivity index is 1.06. The van der Waals surface area contributed by atoms with Crippen LogP contribution < -0.4 is 19.9 Å². The molecule has 45 heavy (non-hydrogen) atoms. The molecule has 5 aliphatic heterocycles. The number of phenols is 1. The number of nitrogens with one attached hydrogen (secondary N) is 1. The number of hydrogen-bond donors (Lipinski definition) is 2. The number of rotatable bonds is 5. The van der Waals surface area contributed by atoms with Crippen molar-refractivity contribution in [3.63, 3.8) is 0 Å². The molecule has 1 aromatic heterocycles. The number of halogens is 2. The molecule has 5 fully saturated rings. The second kappa shape index (κ2) is 11.1. The first kappa shape index (κ1) is 28.8. The summed E-state index contributed by atoms with van der Waals surface area (Å²) in [5, 5.41) is 16.6. The maximum absolute atomic E-state index is 15.0. The van der Waals surface area contributed by atoms with Crippen molar-refractivity contribution in [3.05, 3.63) is 45.2 Å². The van der Waals surface area contributed by atoms with Crippen LogP contribution in [0.5, 0.6) is 11.8 Å². The number of ether oxygens (including phenoxy) is 1. The van der Waals surface area contributed by atoms with E-state index in [0.717, 1.165) is 60.4 Å². The molecule has 6 atom stereocenters. The van der Waals surface area contributed by atoms with E-state index in [9.17, 15) is 9.50 Å². The number of alkyl halides is 1. The summed E-state index contributed by atoms with van der Waals surface area (Å²) in [5.41, 5.74) is 3.00. The van der Waals surface area contributed by atoms with Gasteiger partial charge in [-0.05, 0) is 84.6 Å². The molecule has 2 bridgehead atoms. The highest BCUT2D eigenvalue weighted by molar-refractivity contribution is 14.1. The number of aromatic nitrogens is 2. The van der Waals surface area contributed by atoms with Gasteiger partial charge in [-0.15, -0.1) is 0 Å². The van der Waals surface area contributed by atoms with E-state index in [1.807, 2.05) is 18.2 Å². The number of fused-ring (bicyclic) bond motifs is 7. The first-order valence-corrected chi connectivity index (χ1v) is 18.1. The Labute approximate surface area is 277 Å². The Kier molecular flexibility index (Phi) is 7.08. The van der Waals surface area contributed by atoms with Crippen LogP contribution in [0.15, 0.2) is 30.3 Å². The molecule has 8 nitrogen and oxygen atoms in total. The quantitative estimate of drug-likeness (QED) is 0.332. The monoisotopic (exact) mass is 724 g/mol. The molecule has 1 saturated carbocycles. The van der Waals surface area contributed by atoms with Gasteiger partial charge in [0.05, 0.1) is 17.8 Å². The van der Waals surface area contributed by atoms with Gasteiger partial charge in [0.25, 0.3) is 0 Å². The fourth-order valence-corrected chi connectivity index (χ4v) is 10.7. The van der Waals surface area contributed by atoms with Crippen molar-refractivity contribution in [1.29, 1.82) is 0 Å². The SMILES string of the molecule is Oc1cc(N2CCc3c(nc(OC[C@@]45C[C@@H](F)CN4[C@@H]4CCCC[C@@H]4C5)nc3N3CC4CCC(C3)N4)C2)c2c(I)cccc2c1. The lowest BCUT2D eigenvalue weighted by Crippen LogP contribution is -2.52. The Morgan fingerprint density at radius 2 is 1.87 bits per heavy atom. The van der Waals surface area contributed by atoms with E-state index in [1.54, 1.807) is 0 Å². The Morgan fingerprint density at radius 1 is 1.02 bits per heavy atom. The van der Waals surface area contributed by atoms with Gasteiger partial charge in [0, 0.05) is 77.0 Å². The van der Waals surface area contributed by atoms with E-state index in [-0.39, 0.29) is 11.3 Å². The molecule has 4 saturated heterocycles. The average molecular weight is 725 g/mol. The summed E-state index contributed by atoms with van der Waals surface area (Å²) in [6, 6.07) is 11.9. The summed E-state index contributed by atoms with van der Waals surface area (Å²) in [6.07, 6.45) is 9.00. The normalized spacial score (nSPS) is 32.5. The molecule has 9 rings (SSSR count). The van der Waals surface area contributed by atoms with Crippen molar-refractivity contribution < 1.29 is 14.2 Å². The van der Waals surface area contributed by atoms with E-state index in [1.165, 1.54) is 47.7 Å². The Bertz CT molecular complexity index is 1630. The lowest BCUT2D eigenvalue weighted by atomic mass is 9.81. The van der Waals surface area contributed by atoms with Gasteiger partial charge in [-0.2, -0.15) is 9.97 Å². The highest BCUT2D eigenvalue weighted by atomic mass is 127. The van der Waals surface area contributed by atoms with Crippen LogP contribution >= 0.6 is 22.6 Å². The van der Waals surface area contributed by atoms with Gasteiger partial charge in [0.1, 0.15) is 24.3 Å². The van der Waals surface area contributed by atoms with Crippen molar-refractivity contribution in [3.8, 4) is 11.8 Å². The third kappa shape index (κ3) is 4.96. The molecule has 6 heterocycles. The summed E-state index contributed by atoms with van der Waals surface area (Å²) in [6.45, 7) is 4.33.